The molecule has 0 saturated carbocycles. The van der Waals surface area contributed by atoms with E-state index in [1.54, 1.807) is 0 Å². The van der Waals surface area contributed by atoms with Crippen molar-refractivity contribution in [3.63, 3.8) is 0 Å². The first kappa shape index (κ1) is 16.1. The lowest BCUT2D eigenvalue weighted by molar-refractivity contribution is -0.742. The van der Waals surface area contributed by atoms with Gasteiger partial charge in [-0.3, -0.25) is 9.59 Å². The molecule has 0 aromatic carbocycles. The molecule has 0 aromatic heterocycles. The molecule has 8 heteroatoms. The van der Waals surface area contributed by atoms with Crippen molar-refractivity contribution in [3.8, 4) is 0 Å². The van der Waals surface area contributed by atoms with Crippen molar-refractivity contribution in [3.05, 3.63) is 10.1 Å². The SMILES string of the molecule is CC(=O)O.O=CO.O=[N+]([O-])O. The predicted octanol–water partition coefficient (Wildman–Crippen LogP) is -0.556. The monoisotopic (exact) mass is 169 g/mol. The maximum atomic E-state index is 9.00. The minimum atomic E-state index is -1.50. The third-order valence-corrected chi connectivity index (χ3v) is 0. The largest absolute Gasteiger partial charge is 0.483 e. The Kier molecular flexibility index (Phi) is 22.9. The molecule has 0 spiro atoms. The van der Waals surface area contributed by atoms with E-state index in [2.05, 4.69) is 0 Å². The van der Waals surface area contributed by atoms with E-state index in [4.69, 9.17) is 35.1 Å². The summed E-state index contributed by atoms with van der Waals surface area (Å²) in [6, 6.07) is 0. The van der Waals surface area contributed by atoms with E-state index < -0.39 is 11.1 Å². The van der Waals surface area contributed by atoms with Gasteiger partial charge in [-0.15, -0.1) is 10.1 Å². The highest BCUT2D eigenvalue weighted by molar-refractivity contribution is 5.62. The molecule has 0 saturated heterocycles. The normalized spacial score (nSPS) is 5.55. The van der Waals surface area contributed by atoms with Crippen LogP contribution in [0.5, 0.6) is 0 Å². The molecule has 0 aromatic rings. The summed E-state index contributed by atoms with van der Waals surface area (Å²) in [5, 5.41) is 27.9. The standard InChI is InChI=1S/C2H4O2.CH2O2.HNO3/c1-2(3)4;2-1-3;2-1(3)4/h1H3,(H,3,4);1H,(H,2,3);(H,2,3,4). The zero-order valence-corrected chi connectivity index (χ0v) is 5.50. The van der Waals surface area contributed by atoms with E-state index in [1.165, 1.54) is 0 Å². The maximum Gasteiger partial charge on any atom is 0.300 e. The van der Waals surface area contributed by atoms with Gasteiger partial charge in [-0.1, -0.05) is 0 Å². The molecule has 8 nitrogen and oxygen atoms in total. The van der Waals surface area contributed by atoms with Gasteiger partial charge in [0.2, 0.25) is 0 Å². The highest BCUT2D eigenvalue weighted by Crippen LogP contribution is 1.42. The van der Waals surface area contributed by atoms with Crippen LogP contribution < -0.4 is 0 Å². The van der Waals surface area contributed by atoms with Gasteiger partial charge in [0.15, 0.2) is 0 Å². The van der Waals surface area contributed by atoms with Crippen molar-refractivity contribution < 1.29 is 30.1 Å². The van der Waals surface area contributed by atoms with Crippen LogP contribution in [0.15, 0.2) is 0 Å². The molecule has 0 fully saturated rings. The minimum Gasteiger partial charge on any atom is -0.483 e. The van der Waals surface area contributed by atoms with Crippen molar-refractivity contribution in [2.75, 3.05) is 0 Å². The third-order valence-electron chi connectivity index (χ3n) is 0. The maximum absolute atomic E-state index is 9.00. The highest BCUT2D eigenvalue weighted by atomic mass is 16.9. The number of aliphatic carboxylic acids is 1. The summed E-state index contributed by atoms with van der Waals surface area (Å²) in [5.74, 6) is -0.833. The minimum absolute atomic E-state index is 0.250. The Morgan fingerprint density at radius 1 is 1.64 bits per heavy atom. The smallest absolute Gasteiger partial charge is 0.300 e. The number of nitrogens with zero attached hydrogens (tertiary/aromatic N) is 1. The van der Waals surface area contributed by atoms with Crippen molar-refractivity contribution in [1.29, 1.82) is 0 Å². The summed E-state index contributed by atoms with van der Waals surface area (Å²) < 4.78 is 0. The first-order valence-corrected chi connectivity index (χ1v) is 1.99. The molecule has 0 heterocycles. The molecule has 0 aliphatic heterocycles. The van der Waals surface area contributed by atoms with Crippen molar-refractivity contribution in [2.45, 2.75) is 6.92 Å². The molecule has 0 radical (unpaired) electrons. The van der Waals surface area contributed by atoms with Gasteiger partial charge >= 0.3 is 0 Å². The van der Waals surface area contributed by atoms with Gasteiger partial charge in [-0.2, -0.15) is 0 Å². The second-order valence-corrected chi connectivity index (χ2v) is 0.862. The van der Waals surface area contributed by atoms with Gasteiger partial charge in [-0.25, -0.2) is 0 Å². The van der Waals surface area contributed by atoms with Crippen LogP contribution in [0, 0.1) is 10.1 Å². The predicted molar refractivity (Wildman–Crippen MR) is 30.8 cm³/mol. The Morgan fingerprint density at radius 2 is 1.64 bits per heavy atom. The first-order chi connectivity index (χ1) is 4.88. The summed E-state index contributed by atoms with van der Waals surface area (Å²) >= 11 is 0. The lowest BCUT2D eigenvalue weighted by Gasteiger charge is -1.59. The number of carboxylic acid groups (broad SMARTS) is 2. The van der Waals surface area contributed by atoms with Crippen LogP contribution in [-0.4, -0.2) is 32.9 Å². The van der Waals surface area contributed by atoms with Gasteiger partial charge in [0.25, 0.3) is 17.5 Å². The lowest BCUT2D eigenvalue weighted by atomic mass is 10.9. The molecule has 0 rings (SSSR count). The number of carbonyl (C=O) groups is 2. The average molecular weight is 169 g/mol. The van der Waals surface area contributed by atoms with E-state index in [0.717, 1.165) is 6.92 Å². The molecule has 0 unspecified atom stereocenters. The van der Waals surface area contributed by atoms with Gasteiger partial charge < -0.3 is 15.4 Å². The fourth-order valence-electron chi connectivity index (χ4n) is 0. The van der Waals surface area contributed by atoms with Crippen LogP contribution in [0.1, 0.15) is 6.92 Å². The molecular formula is C3H7NO7. The molecular weight excluding hydrogens is 162 g/mol. The van der Waals surface area contributed by atoms with E-state index in [0.29, 0.717) is 0 Å². The highest BCUT2D eigenvalue weighted by Gasteiger charge is 1.65. The van der Waals surface area contributed by atoms with E-state index in [1.807, 2.05) is 0 Å². The summed E-state index contributed by atoms with van der Waals surface area (Å²) in [6.07, 6.45) is 0. The number of hydrogen-bond acceptors (Lipinski definition) is 4. The zero-order valence-electron chi connectivity index (χ0n) is 5.50. The summed E-state index contributed by atoms with van der Waals surface area (Å²) in [6.45, 7) is 0.833. The summed E-state index contributed by atoms with van der Waals surface area (Å²) in [4.78, 5) is 25.7. The van der Waals surface area contributed by atoms with E-state index in [9.17, 15) is 0 Å². The van der Waals surface area contributed by atoms with Gasteiger partial charge in [-0.05, 0) is 0 Å². The average Bonchev–Trinajstić information content (AvgIpc) is 1.60. The number of hydrogen-bond donors (Lipinski definition) is 3. The van der Waals surface area contributed by atoms with Crippen LogP contribution in [0.2, 0.25) is 0 Å². The fraction of sp³-hybridized carbons (Fsp3) is 0.333. The Bertz CT molecular complexity index is 101. The van der Waals surface area contributed by atoms with Gasteiger partial charge in [0.05, 0.1) is 0 Å². The Hall–Kier alpha value is -1.86. The second kappa shape index (κ2) is 15.7. The van der Waals surface area contributed by atoms with E-state index in [-0.39, 0.29) is 6.47 Å². The third kappa shape index (κ3) is 88.7. The van der Waals surface area contributed by atoms with Crippen molar-refractivity contribution in [2.24, 2.45) is 0 Å². The Morgan fingerprint density at radius 3 is 1.64 bits per heavy atom. The fourth-order valence-corrected chi connectivity index (χ4v) is 0. The Labute approximate surface area is 60.8 Å². The van der Waals surface area contributed by atoms with E-state index >= 15 is 0 Å². The van der Waals surface area contributed by atoms with Crippen LogP contribution in [0.4, 0.5) is 0 Å². The molecule has 3 N–H and O–H groups in total. The lowest BCUT2D eigenvalue weighted by Crippen LogP contribution is -1.81. The zero-order chi connectivity index (χ0) is 9.86. The van der Waals surface area contributed by atoms with Crippen molar-refractivity contribution >= 4 is 12.4 Å². The molecule has 0 amide bonds. The van der Waals surface area contributed by atoms with Crippen LogP contribution >= 0.6 is 0 Å². The molecule has 66 valence electrons. The van der Waals surface area contributed by atoms with Gasteiger partial charge in [0.1, 0.15) is 0 Å². The van der Waals surface area contributed by atoms with Gasteiger partial charge in [0, 0.05) is 6.92 Å². The number of rotatable bonds is 0. The molecule has 11 heavy (non-hydrogen) atoms. The topological polar surface area (TPSA) is 138 Å². The van der Waals surface area contributed by atoms with Crippen LogP contribution in [0.25, 0.3) is 0 Å². The summed E-state index contributed by atoms with van der Waals surface area (Å²) in [5.41, 5.74) is 0. The van der Waals surface area contributed by atoms with Crippen LogP contribution in [-0.2, 0) is 9.59 Å². The number of carboxylic acids is 1. The molecule has 0 atom stereocenters. The molecule has 0 aliphatic carbocycles. The first-order valence-electron chi connectivity index (χ1n) is 1.99. The second-order valence-electron chi connectivity index (χ2n) is 0.862. The molecule has 0 aliphatic rings. The van der Waals surface area contributed by atoms with Crippen LogP contribution in [0.3, 0.4) is 0 Å². The summed E-state index contributed by atoms with van der Waals surface area (Å²) in [7, 11) is 0. The van der Waals surface area contributed by atoms with Crippen molar-refractivity contribution in [1.82, 2.24) is 0 Å². The Balaban J connectivity index is -0.0000000886. The quantitative estimate of drug-likeness (QED) is 0.251. The molecule has 0 bridgehead atoms.